The highest BCUT2D eigenvalue weighted by Gasteiger charge is 2.53. The summed E-state index contributed by atoms with van der Waals surface area (Å²) < 4.78 is 68.4. The summed E-state index contributed by atoms with van der Waals surface area (Å²) in [5, 5.41) is 25.1. The van der Waals surface area contributed by atoms with Crippen molar-refractivity contribution in [2.45, 2.75) is 74.0 Å². The van der Waals surface area contributed by atoms with Crippen molar-refractivity contribution in [1.29, 1.82) is 0 Å². The smallest absolute Gasteiger partial charge is 0.454 e. The number of nitrogens with zero attached hydrogens (tertiary/aromatic N) is 8. The van der Waals surface area contributed by atoms with Gasteiger partial charge in [-0.25, -0.2) is 39.0 Å². The lowest BCUT2D eigenvalue weighted by atomic mass is 9.99. The number of phosphoric acid groups is 2. The molecule has 27 nitrogen and oxygen atoms in total. The first kappa shape index (κ1) is 51.5. The first-order valence-electron chi connectivity index (χ1n) is 23.0. The lowest BCUT2D eigenvalue weighted by molar-refractivity contribution is -0.170. The van der Waals surface area contributed by atoms with Crippen LogP contribution >= 0.6 is 15.6 Å². The highest BCUT2D eigenvalue weighted by atomic mass is 31.3. The third kappa shape index (κ3) is 10.7. The van der Waals surface area contributed by atoms with E-state index in [4.69, 9.17) is 50.9 Å². The fraction of sp³-hybridized carbons (Fsp3) is 0.304. The number of rotatable bonds is 18. The maximum Gasteiger partial charge on any atom is 0.481 e. The van der Waals surface area contributed by atoms with Crippen molar-refractivity contribution in [1.82, 2.24) is 39.0 Å². The molecule has 2 aliphatic heterocycles. The quantitative estimate of drug-likeness (QED) is 0.0449. The van der Waals surface area contributed by atoms with Crippen LogP contribution < -0.4 is 22.9 Å². The third-order valence-corrected chi connectivity index (χ3v) is 15.3. The Kier molecular flexibility index (Phi) is 14.4. The van der Waals surface area contributed by atoms with E-state index in [0.717, 1.165) is 39.8 Å². The van der Waals surface area contributed by atoms with Crippen molar-refractivity contribution in [3.63, 3.8) is 0 Å². The van der Waals surface area contributed by atoms with Gasteiger partial charge in [0.05, 0.1) is 25.9 Å². The van der Waals surface area contributed by atoms with Crippen LogP contribution in [0.3, 0.4) is 0 Å². The Labute approximate surface area is 423 Å². The second-order valence-electron chi connectivity index (χ2n) is 17.6. The number of aliphatic hydroxyl groups excluding tert-OH is 2. The number of carbonyl (C=O) groups is 2. The highest BCUT2D eigenvalue weighted by Crippen LogP contribution is 2.61. The molecule has 4 aromatic heterocycles. The molecule has 0 aliphatic carbocycles. The van der Waals surface area contributed by atoms with Crippen LogP contribution in [-0.4, -0.2) is 133 Å². The zero-order chi connectivity index (χ0) is 52.8. The minimum Gasteiger partial charge on any atom is -0.454 e. The molecule has 75 heavy (non-hydrogen) atoms. The molecule has 2 saturated heterocycles. The van der Waals surface area contributed by atoms with Gasteiger partial charge in [0.25, 0.3) is 0 Å². The Balaban J connectivity index is 0.898. The van der Waals surface area contributed by atoms with Crippen molar-refractivity contribution >= 4 is 83.1 Å². The van der Waals surface area contributed by atoms with E-state index in [1.54, 1.807) is 12.1 Å². The Morgan fingerprint density at radius 1 is 0.600 bits per heavy atom. The average Bonchev–Trinajstić information content (AvgIpc) is 4.17. The summed E-state index contributed by atoms with van der Waals surface area (Å²) in [7, 11) is -11.3. The molecule has 29 heteroatoms. The molecule has 10 rings (SSSR count). The molecule has 0 radical (unpaired) electrons. The molecule has 2 fully saturated rings. The maximum absolute atomic E-state index is 14.2. The van der Waals surface area contributed by atoms with E-state index in [-0.39, 0.29) is 46.8 Å². The third-order valence-electron chi connectivity index (χ3n) is 12.7. The predicted molar refractivity (Wildman–Crippen MR) is 263 cm³/mol. The summed E-state index contributed by atoms with van der Waals surface area (Å²) in [6.07, 6.45) is -8.15. The Hall–Kier alpha value is -6.94. The zero-order valence-electron chi connectivity index (χ0n) is 39.1. The van der Waals surface area contributed by atoms with Gasteiger partial charge in [-0.2, -0.15) is 4.31 Å². The molecule has 0 spiro atoms. The fourth-order valence-corrected chi connectivity index (χ4v) is 11.2. The number of imidazole rings is 2. The van der Waals surface area contributed by atoms with Gasteiger partial charge in [-0.15, -0.1) is 0 Å². The number of ether oxygens (including phenoxy) is 4. The summed E-state index contributed by atoms with van der Waals surface area (Å²) in [6.45, 7) is -2.04. The molecule has 0 amide bonds. The van der Waals surface area contributed by atoms with Crippen LogP contribution in [0, 0.1) is 0 Å². The Morgan fingerprint density at radius 3 is 1.59 bits per heavy atom. The number of phosphoric ester groups is 2. The number of hydrogen-bond donors (Lipinski definition) is 8. The minimum atomic E-state index is -5.69. The number of carbonyl (C=O) groups excluding carboxylic acids is 2. The van der Waals surface area contributed by atoms with Crippen molar-refractivity contribution in [2.24, 2.45) is 11.5 Å². The van der Waals surface area contributed by atoms with Crippen molar-refractivity contribution in [3.8, 4) is 0 Å². The summed E-state index contributed by atoms with van der Waals surface area (Å²) >= 11 is 0. The topological polar surface area (TPSA) is 405 Å². The van der Waals surface area contributed by atoms with Gasteiger partial charge in [0.2, 0.25) is 0 Å². The van der Waals surface area contributed by atoms with Crippen molar-refractivity contribution < 1.29 is 71.0 Å². The Bertz CT molecular complexity index is 3530. The number of benzene rings is 4. The summed E-state index contributed by atoms with van der Waals surface area (Å²) in [5.41, 5.74) is 26.9. The first-order valence-corrected chi connectivity index (χ1v) is 26.0. The number of anilines is 2. The highest BCUT2D eigenvalue weighted by molar-refractivity contribution is 7.61. The number of hydrogen-bond acceptors (Lipinski definition) is 23. The maximum atomic E-state index is 14.2. The molecule has 12 atom stereocenters. The summed E-state index contributed by atoms with van der Waals surface area (Å²) in [5.74, 6) is -2.01. The lowest BCUT2D eigenvalue weighted by Crippen LogP contribution is -2.47. The fourth-order valence-electron chi connectivity index (χ4n) is 9.08. The molecular weight excluding hydrogens is 1020 g/mol. The normalized spacial score (nSPS) is 24.3. The molecule has 0 saturated carbocycles. The monoisotopic (exact) mass is 1070 g/mol. The largest absolute Gasteiger partial charge is 0.481 e. The molecule has 8 aromatic rings. The molecule has 392 valence electrons. The van der Waals surface area contributed by atoms with E-state index >= 15 is 0 Å². The van der Waals surface area contributed by atoms with Gasteiger partial charge in [-0.3, -0.25) is 27.8 Å². The molecule has 2 aliphatic rings. The van der Waals surface area contributed by atoms with E-state index < -0.39 is 102 Å². The molecule has 0 bridgehead atoms. The van der Waals surface area contributed by atoms with E-state index in [1.165, 1.54) is 21.8 Å². The summed E-state index contributed by atoms with van der Waals surface area (Å²) in [6, 6.07) is 23.3. The van der Waals surface area contributed by atoms with Gasteiger partial charge in [-0.1, -0.05) is 84.9 Å². The lowest BCUT2D eigenvalue weighted by Gasteiger charge is -2.27. The van der Waals surface area contributed by atoms with Crippen LogP contribution in [0.5, 0.6) is 0 Å². The number of esters is 2. The average molecular weight is 1070 g/mol. The van der Waals surface area contributed by atoms with Crippen LogP contribution in [0.4, 0.5) is 11.6 Å². The van der Waals surface area contributed by atoms with Crippen LogP contribution in [-0.2, 0) is 63.9 Å². The van der Waals surface area contributed by atoms with Crippen molar-refractivity contribution in [3.05, 3.63) is 121 Å². The number of aromatic nitrogens is 8. The van der Waals surface area contributed by atoms with Crippen molar-refractivity contribution in [2.75, 3.05) is 24.7 Å². The molecule has 12 N–H and O–H groups in total. The van der Waals surface area contributed by atoms with Gasteiger partial charge < -0.3 is 61.9 Å². The molecule has 2 unspecified atom stereocenters. The van der Waals surface area contributed by atoms with Crippen LogP contribution in [0.15, 0.2) is 110 Å². The number of aliphatic hydroxyl groups is 2. The minimum absolute atomic E-state index is 0.00282. The predicted octanol–water partition coefficient (Wildman–Crippen LogP) is 1.87. The van der Waals surface area contributed by atoms with E-state index in [9.17, 15) is 38.7 Å². The SMILES string of the molecule is Nc1ncnc2c1ncn2[C@@H]1O[C@H](COP(=O)(O)OP(=O)(O)OC[C@H]2O[C@@H](n3cnc4c(N)ncnc43)[C@H](OC(=O)[C@@H](N)Cc3cccc4ccccc34)[C@@H]2OC(=O)[C@@H](N)Cc2cccc3ccccc23)[C@@H](O)[C@H]1O. The van der Waals surface area contributed by atoms with E-state index in [1.807, 2.05) is 72.8 Å². The number of nitrogens with two attached hydrogens (primary N) is 4. The van der Waals surface area contributed by atoms with Gasteiger partial charge >= 0.3 is 27.6 Å². The standard InChI is InChI=1S/C46H48N12O15P2/c47-29(15-25-11-5-9-23-7-1-3-13-27(23)25)45(61)71-37-32(18-68-75(65,66)73-74(63,64)67-17-31-35(59)36(60)43(69-31)57-21-55-33-39(49)51-19-53-41(33)57)70-44(58-22-56-34-40(50)52-20-54-42(34)58)38(37)72-46(62)30(48)16-26-12-6-10-24-8-2-4-14-28(24)26/h1-14,19-22,29-32,35-38,43-44,59-60H,15-18,47-48H2,(H,63,64)(H,65,66)(H2,49,51,53)(H2,50,52,54)/t29-,30-,31+,32+,35+,36+,37+,38+,43+,44+/m0/s1. The van der Waals surface area contributed by atoms with Crippen LogP contribution in [0.25, 0.3) is 43.9 Å². The van der Waals surface area contributed by atoms with Gasteiger partial charge in [0, 0.05) is 0 Å². The van der Waals surface area contributed by atoms with E-state index in [0.29, 0.717) is 5.56 Å². The van der Waals surface area contributed by atoms with Gasteiger partial charge in [0.1, 0.15) is 60.2 Å². The first-order chi connectivity index (χ1) is 35.9. The van der Waals surface area contributed by atoms with Crippen LogP contribution in [0.2, 0.25) is 0 Å². The van der Waals surface area contributed by atoms with Gasteiger partial charge in [-0.05, 0) is 45.5 Å². The Morgan fingerprint density at radius 2 is 1.05 bits per heavy atom. The molecular formula is C46H48N12O15P2. The molecule has 4 aromatic carbocycles. The second kappa shape index (κ2) is 21.0. The van der Waals surface area contributed by atoms with E-state index in [2.05, 4.69) is 34.2 Å². The number of fused-ring (bicyclic) bond motifs is 4. The number of nitrogen functional groups attached to an aromatic ring is 2. The zero-order valence-corrected chi connectivity index (χ0v) is 40.8. The summed E-state index contributed by atoms with van der Waals surface area (Å²) in [4.78, 5) is 74.6. The molecule has 6 heterocycles. The second-order valence-corrected chi connectivity index (χ2v) is 20.6. The van der Waals surface area contributed by atoms with Crippen LogP contribution in [0.1, 0.15) is 23.6 Å². The van der Waals surface area contributed by atoms with Gasteiger partial charge in [0.15, 0.2) is 47.6 Å².